The number of ether oxygens (including phenoxy) is 2. The molecule has 1 amide bonds. The largest absolute Gasteiger partial charge is 0.673 e. The van der Waals surface area contributed by atoms with Gasteiger partial charge in [-0.2, -0.15) is 0 Å². The zero-order valence-corrected chi connectivity index (χ0v) is 15.2. The van der Waals surface area contributed by atoms with Crippen molar-refractivity contribution in [1.82, 2.24) is 0 Å². The van der Waals surface area contributed by atoms with Crippen LogP contribution in [0.4, 0.5) is 28.6 Å². The van der Waals surface area contributed by atoms with E-state index in [4.69, 9.17) is 14.9 Å². The number of rotatable bonds is 6. The molecule has 0 fully saturated rings. The molecule has 0 aliphatic rings. The molecule has 0 aliphatic heterocycles. The molecule has 2 rings (SSSR count). The maximum Gasteiger partial charge on any atom is 0.673 e. The maximum absolute atomic E-state index is 12.3. The number of diazo groups is 1. The summed E-state index contributed by atoms with van der Waals surface area (Å²) in [5.74, 6) is 0.512. The SMILES string of the molecule is CCOc1cc(NC(=O)c2ccccc2)c(OCC)cc1[N+]#N.F[B-](F)(F)F. The van der Waals surface area contributed by atoms with Gasteiger partial charge in [0.25, 0.3) is 5.91 Å². The minimum absolute atomic E-state index is 0.244. The van der Waals surface area contributed by atoms with Crippen LogP contribution in [0, 0.1) is 5.39 Å². The lowest BCUT2D eigenvalue weighted by Gasteiger charge is -2.12. The van der Waals surface area contributed by atoms with Crippen molar-refractivity contribution >= 4 is 24.5 Å². The zero-order chi connectivity index (χ0) is 21.2. The van der Waals surface area contributed by atoms with E-state index in [9.17, 15) is 22.1 Å². The molecular weight excluding hydrogens is 381 g/mol. The second kappa shape index (κ2) is 10.8. The number of carbonyl (C=O) groups excluding carboxylic acids is 1. The molecule has 1 N–H and O–H groups in total. The Labute approximate surface area is 159 Å². The van der Waals surface area contributed by atoms with Crippen molar-refractivity contribution in [2.45, 2.75) is 13.8 Å². The van der Waals surface area contributed by atoms with Crippen LogP contribution in [0.1, 0.15) is 24.2 Å². The molecule has 0 saturated carbocycles. The number of hydrogen-bond acceptors (Lipinski definition) is 4. The highest BCUT2D eigenvalue weighted by molar-refractivity contribution is 6.50. The molecule has 2 aromatic rings. The van der Waals surface area contributed by atoms with E-state index in [1.54, 1.807) is 30.3 Å². The second-order valence-corrected chi connectivity index (χ2v) is 5.10. The van der Waals surface area contributed by atoms with Crippen LogP contribution in [-0.2, 0) is 0 Å². The molecule has 0 radical (unpaired) electrons. The van der Waals surface area contributed by atoms with Crippen molar-refractivity contribution in [2.24, 2.45) is 0 Å². The standard InChI is InChI=1S/C17H17N3O3.BF4/c1-3-22-15-11-14(20-18)16(23-4-2)10-13(15)19-17(21)12-8-6-5-7-9-12;2-1(3,4)5/h5-11H,3-4H2,1-2H3;/q;-1/p+1. The smallest absolute Gasteiger partial charge is 0.491 e. The quantitative estimate of drug-likeness (QED) is 0.394. The van der Waals surface area contributed by atoms with Gasteiger partial charge in [-0.25, -0.2) is 0 Å². The van der Waals surface area contributed by atoms with Gasteiger partial charge < -0.3 is 32.1 Å². The Bertz CT molecular complexity index is 821. The number of anilines is 1. The zero-order valence-electron chi connectivity index (χ0n) is 15.2. The third-order valence-electron chi connectivity index (χ3n) is 3.05. The number of carbonyl (C=O) groups is 1. The first-order valence-corrected chi connectivity index (χ1v) is 8.22. The summed E-state index contributed by atoms with van der Waals surface area (Å²) in [7, 11) is -6.00. The van der Waals surface area contributed by atoms with Crippen molar-refractivity contribution in [3.8, 4) is 11.5 Å². The number of nitrogens with one attached hydrogen (secondary N) is 1. The predicted octanol–water partition coefficient (Wildman–Crippen LogP) is 5.52. The van der Waals surface area contributed by atoms with Crippen molar-refractivity contribution in [3.05, 3.63) is 53.0 Å². The maximum atomic E-state index is 12.3. The molecule has 0 atom stereocenters. The van der Waals surface area contributed by atoms with Gasteiger partial charge in [0.2, 0.25) is 11.1 Å². The Hall–Kier alpha value is -3.29. The summed E-state index contributed by atoms with van der Waals surface area (Å²) in [5, 5.41) is 11.9. The number of nitrogens with zero attached hydrogens (tertiary/aromatic N) is 2. The summed E-state index contributed by atoms with van der Waals surface area (Å²) in [6.45, 7) is 4.46. The second-order valence-electron chi connectivity index (χ2n) is 5.10. The fraction of sp³-hybridized carbons (Fsp3) is 0.235. The van der Waals surface area contributed by atoms with Gasteiger partial charge in [0.05, 0.1) is 25.0 Å². The Kier molecular flexibility index (Phi) is 8.75. The van der Waals surface area contributed by atoms with Gasteiger partial charge in [-0.05, 0) is 26.0 Å². The van der Waals surface area contributed by atoms with Gasteiger partial charge in [-0.15, -0.1) is 0 Å². The molecule has 0 bridgehead atoms. The van der Waals surface area contributed by atoms with Crippen LogP contribution in [0.5, 0.6) is 11.5 Å². The van der Waals surface area contributed by atoms with Crippen molar-refractivity contribution in [1.29, 1.82) is 5.39 Å². The van der Waals surface area contributed by atoms with Gasteiger partial charge in [0.1, 0.15) is 0 Å². The molecule has 6 nitrogen and oxygen atoms in total. The van der Waals surface area contributed by atoms with Crippen LogP contribution >= 0.6 is 0 Å². The van der Waals surface area contributed by atoms with Gasteiger partial charge in [0.15, 0.2) is 10.7 Å². The summed E-state index contributed by atoms with van der Waals surface area (Å²) in [4.78, 5) is 15.5. The normalized spacial score (nSPS) is 10.2. The van der Waals surface area contributed by atoms with E-state index in [0.717, 1.165) is 0 Å². The number of hydrogen-bond donors (Lipinski definition) is 1. The number of amides is 1. The van der Waals surface area contributed by atoms with E-state index in [1.807, 2.05) is 19.9 Å². The van der Waals surface area contributed by atoms with Crippen LogP contribution in [0.2, 0.25) is 0 Å². The molecule has 0 spiro atoms. The average Bonchev–Trinajstić information content (AvgIpc) is 2.63. The molecule has 150 valence electrons. The Morgan fingerprint density at radius 1 is 1.04 bits per heavy atom. The molecule has 2 aromatic carbocycles. The Morgan fingerprint density at radius 3 is 2.07 bits per heavy atom. The van der Waals surface area contributed by atoms with Gasteiger partial charge in [-0.1, -0.05) is 18.2 Å². The Morgan fingerprint density at radius 2 is 1.57 bits per heavy atom. The lowest BCUT2D eigenvalue weighted by molar-refractivity contribution is 0.102. The molecule has 0 aliphatic carbocycles. The van der Waals surface area contributed by atoms with E-state index in [0.29, 0.717) is 36.0 Å². The fourth-order valence-corrected chi connectivity index (χ4v) is 2.06. The van der Waals surface area contributed by atoms with Crippen molar-refractivity contribution in [2.75, 3.05) is 18.5 Å². The minimum Gasteiger partial charge on any atom is -0.491 e. The van der Waals surface area contributed by atoms with Crippen LogP contribution in [0.3, 0.4) is 0 Å². The first-order valence-electron chi connectivity index (χ1n) is 8.22. The van der Waals surface area contributed by atoms with E-state index < -0.39 is 7.25 Å². The molecule has 0 unspecified atom stereocenters. The molecule has 28 heavy (non-hydrogen) atoms. The van der Waals surface area contributed by atoms with E-state index in [2.05, 4.69) is 10.3 Å². The summed E-state index contributed by atoms with van der Waals surface area (Å²) < 4.78 is 49.9. The van der Waals surface area contributed by atoms with Gasteiger partial charge >= 0.3 is 12.9 Å². The molecule has 0 saturated heterocycles. The van der Waals surface area contributed by atoms with E-state index in [1.165, 1.54) is 6.07 Å². The van der Waals surface area contributed by atoms with Crippen LogP contribution in [0.25, 0.3) is 4.98 Å². The average molecular weight is 399 g/mol. The third kappa shape index (κ3) is 7.95. The molecule has 0 heterocycles. The summed E-state index contributed by atoms with van der Waals surface area (Å²) in [5.41, 5.74) is 1.23. The summed E-state index contributed by atoms with van der Waals surface area (Å²) >= 11 is 0. The van der Waals surface area contributed by atoms with Gasteiger partial charge in [-0.3, -0.25) is 4.79 Å². The van der Waals surface area contributed by atoms with E-state index >= 15 is 0 Å². The van der Waals surface area contributed by atoms with Crippen molar-refractivity contribution < 1.29 is 31.5 Å². The van der Waals surface area contributed by atoms with Crippen LogP contribution in [-0.4, -0.2) is 26.4 Å². The highest BCUT2D eigenvalue weighted by Crippen LogP contribution is 2.38. The highest BCUT2D eigenvalue weighted by atomic mass is 19.5. The summed E-state index contributed by atoms with van der Waals surface area (Å²) in [6, 6.07) is 12.0. The highest BCUT2D eigenvalue weighted by Gasteiger charge is 2.22. The van der Waals surface area contributed by atoms with Gasteiger partial charge in [0, 0.05) is 11.6 Å². The fourth-order valence-electron chi connectivity index (χ4n) is 2.06. The summed E-state index contributed by atoms with van der Waals surface area (Å²) in [6.07, 6.45) is 0. The lowest BCUT2D eigenvalue weighted by Crippen LogP contribution is -2.13. The lowest BCUT2D eigenvalue weighted by atomic mass is 10.2. The number of benzene rings is 2. The third-order valence-corrected chi connectivity index (χ3v) is 3.05. The monoisotopic (exact) mass is 399 g/mol. The van der Waals surface area contributed by atoms with Crippen LogP contribution < -0.4 is 14.8 Å². The minimum atomic E-state index is -6.00. The first kappa shape index (κ1) is 22.8. The molecular formula is C17H18BF4N3O3. The van der Waals surface area contributed by atoms with Crippen LogP contribution in [0.15, 0.2) is 42.5 Å². The predicted molar refractivity (Wildman–Crippen MR) is 98.1 cm³/mol. The Balaban J connectivity index is 0.000000696. The number of halogens is 4. The molecule has 11 heteroatoms. The molecule has 0 aromatic heterocycles. The van der Waals surface area contributed by atoms with Crippen molar-refractivity contribution in [3.63, 3.8) is 0 Å². The van der Waals surface area contributed by atoms with E-state index in [-0.39, 0.29) is 11.6 Å². The first-order chi connectivity index (χ1) is 13.2. The topological polar surface area (TPSA) is 75.7 Å².